The van der Waals surface area contributed by atoms with Crippen molar-refractivity contribution >= 4 is 23.0 Å². The lowest BCUT2D eigenvalue weighted by Gasteiger charge is -2.26. The van der Waals surface area contributed by atoms with E-state index < -0.39 is 0 Å². The van der Waals surface area contributed by atoms with E-state index in [-0.39, 0.29) is 0 Å². The van der Waals surface area contributed by atoms with Crippen LogP contribution in [-0.2, 0) is 6.42 Å². The second-order valence-corrected chi connectivity index (χ2v) is 4.34. The number of hydrogen-bond acceptors (Lipinski definition) is 2. The highest BCUT2D eigenvalue weighted by Gasteiger charge is 2.26. The number of benzene rings is 1. The smallest absolute Gasteiger partial charge is 0.0679 e. The predicted octanol–water partition coefficient (Wildman–Crippen LogP) is 2.19. The summed E-state index contributed by atoms with van der Waals surface area (Å²) in [5, 5.41) is 4.05. The normalized spacial score (nSPS) is 20.2. The maximum Gasteiger partial charge on any atom is 0.0679 e. The lowest BCUT2D eigenvalue weighted by molar-refractivity contribution is 0.441. The van der Waals surface area contributed by atoms with Gasteiger partial charge in [-0.1, -0.05) is 17.7 Å². The molecule has 1 aromatic rings. The molecule has 0 unspecified atom stereocenters. The molecule has 3 rings (SSSR count). The molecule has 1 N–H and O–H groups in total. The molecule has 0 aliphatic carbocycles. The van der Waals surface area contributed by atoms with Crippen LogP contribution in [-0.4, -0.2) is 18.8 Å². The SMILES string of the molecule is Clc1ccc2c(c1)N=C(C1CNC1)C2. The molecule has 0 spiro atoms. The summed E-state index contributed by atoms with van der Waals surface area (Å²) in [4.78, 5) is 4.63. The van der Waals surface area contributed by atoms with Crippen LogP contribution >= 0.6 is 11.6 Å². The quantitative estimate of drug-likeness (QED) is 0.749. The average Bonchev–Trinajstić information content (AvgIpc) is 2.43. The number of hydrogen-bond donors (Lipinski definition) is 1. The lowest BCUT2D eigenvalue weighted by Crippen LogP contribution is -2.46. The van der Waals surface area contributed by atoms with Gasteiger partial charge in [-0.3, -0.25) is 4.99 Å². The highest BCUT2D eigenvalue weighted by molar-refractivity contribution is 6.31. The minimum atomic E-state index is 0.654. The summed E-state index contributed by atoms with van der Waals surface area (Å²) in [5.74, 6) is 0.654. The van der Waals surface area contributed by atoms with E-state index in [4.69, 9.17) is 11.6 Å². The van der Waals surface area contributed by atoms with E-state index >= 15 is 0 Å². The van der Waals surface area contributed by atoms with Crippen LogP contribution in [0.1, 0.15) is 5.56 Å². The first kappa shape index (κ1) is 8.45. The Kier molecular flexibility index (Phi) is 1.85. The van der Waals surface area contributed by atoms with Crippen LogP contribution in [0.2, 0.25) is 5.02 Å². The monoisotopic (exact) mass is 206 g/mol. The van der Waals surface area contributed by atoms with E-state index in [0.29, 0.717) is 5.92 Å². The number of halogens is 1. The third-order valence-electron chi connectivity index (χ3n) is 2.94. The van der Waals surface area contributed by atoms with E-state index in [9.17, 15) is 0 Å². The first-order chi connectivity index (χ1) is 6.83. The Morgan fingerprint density at radius 3 is 2.93 bits per heavy atom. The van der Waals surface area contributed by atoms with Gasteiger partial charge in [0.25, 0.3) is 0 Å². The van der Waals surface area contributed by atoms with Crippen molar-refractivity contribution in [2.45, 2.75) is 6.42 Å². The Hall–Kier alpha value is -0.860. The van der Waals surface area contributed by atoms with Crippen molar-refractivity contribution in [3.05, 3.63) is 28.8 Å². The molecule has 0 bridgehead atoms. The summed E-state index contributed by atoms with van der Waals surface area (Å²) in [6, 6.07) is 5.98. The first-order valence-corrected chi connectivity index (χ1v) is 5.27. The summed E-state index contributed by atoms with van der Waals surface area (Å²) in [7, 11) is 0. The van der Waals surface area contributed by atoms with Crippen molar-refractivity contribution in [3.63, 3.8) is 0 Å². The molecule has 0 radical (unpaired) electrons. The maximum atomic E-state index is 5.92. The zero-order chi connectivity index (χ0) is 9.54. The summed E-state index contributed by atoms with van der Waals surface area (Å²) in [6.07, 6.45) is 1.01. The lowest BCUT2D eigenvalue weighted by atomic mass is 9.94. The van der Waals surface area contributed by atoms with Crippen molar-refractivity contribution in [3.8, 4) is 0 Å². The van der Waals surface area contributed by atoms with Gasteiger partial charge in [-0.15, -0.1) is 0 Å². The highest BCUT2D eigenvalue weighted by Crippen LogP contribution is 2.31. The van der Waals surface area contributed by atoms with Crippen molar-refractivity contribution in [2.75, 3.05) is 13.1 Å². The molecule has 0 atom stereocenters. The molecule has 0 aromatic heterocycles. The van der Waals surface area contributed by atoms with Crippen LogP contribution in [0.4, 0.5) is 5.69 Å². The Morgan fingerprint density at radius 2 is 2.21 bits per heavy atom. The number of nitrogens with zero attached hydrogens (tertiary/aromatic N) is 1. The number of aliphatic imine (C=N–C) groups is 1. The topological polar surface area (TPSA) is 24.4 Å². The molecular formula is C11H11ClN2. The van der Waals surface area contributed by atoms with E-state index in [1.807, 2.05) is 12.1 Å². The summed E-state index contributed by atoms with van der Waals surface area (Å²) < 4.78 is 0. The van der Waals surface area contributed by atoms with Crippen molar-refractivity contribution in [1.82, 2.24) is 5.32 Å². The molecule has 2 heterocycles. The van der Waals surface area contributed by atoms with E-state index in [0.717, 1.165) is 30.2 Å². The van der Waals surface area contributed by atoms with Crippen molar-refractivity contribution < 1.29 is 0 Å². The molecule has 72 valence electrons. The van der Waals surface area contributed by atoms with Crippen LogP contribution in [0.5, 0.6) is 0 Å². The minimum absolute atomic E-state index is 0.654. The standard InChI is InChI=1S/C11H11ClN2/c12-9-2-1-7-3-10(8-5-13-6-8)14-11(7)4-9/h1-2,4,8,13H,3,5-6H2. The van der Waals surface area contributed by atoms with Gasteiger partial charge in [-0.05, 0) is 17.7 Å². The maximum absolute atomic E-state index is 5.92. The molecule has 1 fully saturated rings. The number of rotatable bonds is 1. The largest absolute Gasteiger partial charge is 0.315 e. The van der Waals surface area contributed by atoms with E-state index in [2.05, 4.69) is 16.4 Å². The minimum Gasteiger partial charge on any atom is -0.315 e. The van der Waals surface area contributed by atoms with Gasteiger partial charge >= 0.3 is 0 Å². The van der Waals surface area contributed by atoms with Crippen LogP contribution in [0.15, 0.2) is 23.2 Å². The third kappa shape index (κ3) is 1.26. The molecule has 2 aliphatic heterocycles. The molecule has 0 saturated carbocycles. The number of nitrogens with one attached hydrogen (secondary N) is 1. The van der Waals surface area contributed by atoms with Gasteiger partial charge in [0.15, 0.2) is 0 Å². The molecule has 2 nitrogen and oxygen atoms in total. The molecule has 3 heteroatoms. The fraction of sp³-hybridized carbons (Fsp3) is 0.364. The van der Waals surface area contributed by atoms with Crippen molar-refractivity contribution in [2.24, 2.45) is 10.9 Å². The van der Waals surface area contributed by atoms with Crippen LogP contribution in [0.25, 0.3) is 0 Å². The summed E-state index contributed by atoms with van der Waals surface area (Å²) in [5.41, 5.74) is 3.71. The van der Waals surface area contributed by atoms with Gasteiger partial charge in [-0.2, -0.15) is 0 Å². The Balaban J connectivity index is 1.92. The van der Waals surface area contributed by atoms with E-state index in [1.165, 1.54) is 11.3 Å². The van der Waals surface area contributed by atoms with Gasteiger partial charge in [0.05, 0.1) is 5.69 Å². The van der Waals surface area contributed by atoms with Crippen LogP contribution in [0.3, 0.4) is 0 Å². The van der Waals surface area contributed by atoms with Crippen molar-refractivity contribution in [1.29, 1.82) is 0 Å². The Morgan fingerprint density at radius 1 is 1.36 bits per heavy atom. The van der Waals surface area contributed by atoms with Crippen LogP contribution < -0.4 is 5.32 Å². The molecule has 0 amide bonds. The van der Waals surface area contributed by atoms with Gasteiger partial charge in [0.2, 0.25) is 0 Å². The number of fused-ring (bicyclic) bond motifs is 1. The molecular weight excluding hydrogens is 196 g/mol. The summed E-state index contributed by atoms with van der Waals surface area (Å²) >= 11 is 5.92. The molecule has 14 heavy (non-hydrogen) atoms. The fourth-order valence-electron chi connectivity index (χ4n) is 1.94. The van der Waals surface area contributed by atoms with E-state index in [1.54, 1.807) is 0 Å². The zero-order valence-corrected chi connectivity index (χ0v) is 8.51. The Labute approximate surface area is 88.0 Å². The highest BCUT2D eigenvalue weighted by atomic mass is 35.5. The Bertz CT molecular complexity index is 408. The average molecular weight is 207 g/mol. The molecule has 1 saturated heterocycles. The molecule has 2 aliphatic rings. The van der Waals surface area contributed by atoms with Gasteiger partial charge < -0.3 is 5.32 Å². The molecule has 1 aromatic carbocycles. The predicted molar refractivity (Wildman–Crippen MR) is 58.6 cm³/mol. The first-order valence-electron chi connectivity index (χ1n) is 4.89. The zero-order valence-electron chi connectivity index (χ0n) is 7.76. The van der Waals surface area contributed by atoms with Gasteiger partial charge in [0, 0.05) is 36.2 Å². The summed E-state index contributed by atoms with van der Waals surface area (Å²) in [6.45, 7) is 2.17. The fourth-order valence-corrected chi connectivity index (χ4v) is 2.11. The second kappa shape index (κ2) is 3.07. The second-order valence-electron chi connectivity index (χ2n) is 3.91. The van der Waals surface area contributed by atoms with Crippen LogP contribution in [0, 0.1) is 5.92 Å². The third-order valence-corrected chi connectivity index (χ3v) is 3.17. The van der Waals surface area contributed by atoms with Gasteiger partial charge in [-0.25, -0.2) is 0 Å². The van der Waals surface area contributed by atoms with Gasteiger partial charge in [0.1, 0.15) is 0 Å².